The van der Waals surface area contributed by atoms with E-state index >= 15 is 0 Å². The van der Waals surface area contributed by atoms with E-state index in [1.807, 2.05) is 18.5 Å². The second-order valence-electron chi connectivity index (χ2n) is 4.90. The summed E-state index contributed by atoms with van der Waals surface area (Å²) in [4.78, 5) is 0. The van der Waals surface area contributed by atoms with Gasteiger partial charge in [0.25, 0.3) is 0 Å². The molecule has 0 aliphatic heterocycles. The second kappa shape index (κ2) is 7.17. The smallest absolute Gasteiger partial charge is 0.170 e. The molecule has 0 bridgehead atoms. The molecule has 2 N–H and O–H groups in total. The van der Waals surface area contributed by atoms with Crippen LogP contribution in [0, 0.1) is 19.7 Å². The Morgan fingerprint density at radius 1 is 1.33 bits per heavy atom. The highest BCUT2D eigenvalue weighted by atomic mass is 32.1. The summed E-state index contributed by atoms with van der Waals surface area (Å²) >= 11 is 5.17. The van der Waals surface area contributed by atoms with E-state index in [0.717, 1.165) is 30.9 Å². The van der Waals surface area contributed by atoms with Gasteiger partial charge in [0.2, 0.25) is 0 Å². The SMILES string of the molecule is Cc1cc(C)n(CCCNC(=S)Nc2cccc(F)c2)n1. The fourth-order valence-electron chi connectivity index (χ4n) is 2.07. The van der Waals surface area contributed by atoms with Crippen molar-refractivity contribution in [2.24, 2.45) is 0 Å². The minimum atomic E-state index is -0.285. The van der Waals surface area contributed by atoms with Crippen molar-refractivity contribution in [3.63, 3.8) is 0 Å². The van der Waals surface area contributed by atoms with Crippen molar-refractivity contribution in [1.82, 2.24) is 15.1 Å². The maximum Gasteiger partial charge on any atom is 0.170 e. The molecule has 0 aliphatic carbocycles. The predicted molar refractivity (Wildman–Crippen MR) is 86.9 cm³/mol. The summed E-state index contributed by atoms with van der Waals surface area (Å²) in [7, 11) is 0. The van der Waals surface area contributed by atoms with E-state index in [4.69, 9.17) is 12.2 Å². The molecule has 1 aromatic heterocycles. The number of hydrogen-bond acceptors (Lipinski definition) is 2. The van der Waals surface area contributed by atoms with E-state index in [-0.39, 0.29) is 5.82 Å². The van der Waals surface area contributed by atoms with Gasteiger partial charge in [0.15, 0.2) is 5.11 Å². The molecule has 21 heavy (non-hydrogen) atoms. The van der Waals surface area contributed by atoms with Crippen molar-refractivity contribution in [1.29, 1.82) is 0 Å². The zero-order valence-corrected chi connectivity index (χ0v) is 13.0. The molecule has 0 spiro atoms. The average molecular weight is 306 g/mol. The summed E-state index contributed by atoms with van der Waals surface area (Å²) in [6.45, 7) is 5.61. The van der Waals surface area contributed by atoms with Crippen LogP contribution in [0.25, 0.3) is 0 Å². The lowest BCUT2D eigenvalue weighted by atomic mass is 10.3. The Balaban J connectivity index is 1.71. The quantitative estimate of drug-likeness (QED) is 0.658. The molecular weight excluding hydrogens is 287 g/mol. The van der Waals surface area contributed by atoms with Crippen LogP contribution in [-0.2, 0) is 6.54 Å². The Morgan fingerprint density at radius 2 is 2.14 bits per heavy atom. The molecule has 1 heterocycles. The first-order valence-electron chi connectivity index (χ1n) is 6.86. The maximum atomic E-state index is 13.0. The predicted octanol–water partition coefficient (Wildman–Crippen LogP) is 3.02. The third-order valence-corrected chi connectivity index (χ3v) is 3.26. The molecule has 0 radical (unpaired) electrons. The van der Waals surface area contributed by atoms with Crippen LogP contribution in [0.15, 0.2) is 30.3 Å². The van der Waals surface area contributed by atoms with Crippen molar-refractivity contribution < 1.29 is 4.39 Å². The lowest BCUT2D eigenvalue weighted by Gasteiger charge is -2.11. The molecule has 112 valence electrons. The molecule has 0 unspecified atom stereocenters. The van der Waals surface area contributed by atoms with Gasteiger partial charge in [-0.25, -0.2) is 4.39 Å². The van der Waals surface area contributed by atoms with Crippen LogP contribution in [-0.4, -0.2) is 21.4 Å². The minimum Gasteiger partial charge on any atom is -0.362 e. The maximum absolute atomic E-state index is 13.0. The lowest BCUT2D eigenvalue weighted by Crippen LogP contribution is -2.29. The molecule has 2 aromatic rings. The number of aromatic nitrogens is 2. The number of anilines is 1. The highest BCUT2D eigenvalue weighted by Gasteiger charge is 2.01. The summed E-state index contributed by atoms with van der Waals surface area (Å²) < 4.78 is 15.0. The van der Waals surface area contributed by atoms with E-state index in [1.54, 1.807) is 12.1 Å². The fraction of sp³-hybridized carbons (Fsp3) is 0.333. The van der Waals surface area contributed by atoms with Gasteiger partial charge in [-0.2, -0.15) is 5.10 Å². The highest BCUT2D eigenvalue weighted by Crippen LogP contribution is 2.08. The lowest BCUT2D eigenvalue weighted by molar-refractivity contribution is 0.558. The number of benzene rings is 1. The van der Waals surface area contributed by atoms with Crippen molar-refractivity contribution in [2.45, 2.75) is 26.8 Å². The van der Waals surface area contributed by atoms with Gasteiger partial charge in [-0.05, 0) is 56.8 Å². The number of rotatable bonds is 5. The van der Waals surface area contributed by atoms with Crippen LogP contribution in [0.1, 0.15) is 17.8 Å². The van der Waals surface area contributed by atoms with Crippen LogP contribution in [0.5, 0.6) is 0 Å². The van der Waals surface area contributed by atoms with E-state index in [0.29, 0.717) is 10.8 Å². The molecule has 6 heteroatoms. The number of hydrogen-bond donors (Lipinski definition) is 2. The Kier molecular flexibility index (Phi) is 5.27. The van der Waals surface area contributed by atoms with Crippen LogP contribution in [0.4, 0.5) is 10.1 Å². The first-order valence-corrected chi connectivity index (χ1v) is 7.27. The van der Waals surface area contributed by atoms with Gasteiger partial charge in [0.05, 0.1) is 5.69 Å². The molecule has 1 aromatic carbocycles. The Morgan fingerprint density at radius 3 is 2.81 bits per heavy atom. The Bertz CT molecular complexity index is 624. The van der Waals surface area contributed by atoms with Crippen LogP contribution < -0.4 is 10.6 Å². The van der Waals surface area contributed by atoms with Gasteiger partial charge in [-0.15, -0.1) is 0 Å². The topological polar surface area (TPSA) is 41.9 Å². The summed E-state index contributed by atoms with van der Waals surface area (Å²) in [5, 5.41) is 11.0. The van der Waals surface area contributed by atoms with Crippen LogP contribution in [0.2, 0.25) is 0 Å². The third kappa shape index (κ3) is 4.82. The molecule has 0 amide bonds. The summed E-state index contributed by atoms with van der Waals surface area (Å²) in [6, 6.07) is 8.28. The Labute approximate surface area is 129 Å². The monoisotopic (exact) mass is 306 g/mol. The normalized spacial score (nSPS) is 10.4. The summed E-state index contributed by atoms with van der Waals surface area (Å²) in [5.74, 6) is -0.285. The third-order valence-electron chi connectivity index (χ3n) is 3.02. The van der Waals surface area contributed by atoms with Crippen molar-refractivity contribution >= 4 is 23.0 Å². The van der Waals surface area contributed by atoms with Crippen molar-refractivity contribution in [2.75, 3.05) is 11.9 Å². The number of thiocarbonyl (C=S) groups is 1. The van der Waals surface area contributed by atoms with Crippen LogP contribution in [0.3, 0.4) is 0 Å². The zero-order valence-electron chi connectivity index (χ0n) is 12.2. The number of aryl methyl sites for hydroxylation is 3. The van der Waals surface area contributed by atoms with Crippen molar-refractivity contribution in [3.8, 4) is 0 Å². The molecule has 0 saturated carbocycles. The van der Waals surface area contributed by atoms with E-state index in [1.165, 1.54) is 12.1 Å². The average Bonchev–Trinajstić information content (AvgIpc) is 2.73. The summed E-state index contributed by atoms with van der Waals surface area (Å²) in [6.07, 6.45) is 0.910. The number of nitrogens with zero attached hydrogens (tertiary/aromatic N) is 2. The molecular formula is C15H19FN4S. The first kappa shape index (κ1) is 15.4. The van der Waals surface area contributed by atoms with Gasteiger partial charge in [0.1, 0.15) is 5.82 Å². The van der Waals surface area contributed by atoms with E-state index in [2.05, 4.69) is 21.8 Å². The zero-order chi connectivity index (χ0) is 15.2. The van der Waals surface area contributed by atoms with E-state index in [9.17, 15) is 4.39 Å². The largest absolute Gasteiger partial charge is 0.362 e. The van der Waals surface area contributed by atoms with E-state index < -0.39 is 0 Å². The van der Waals surface area contributed by atoms with Crippen LogP contribution >= 0.6 is 12.2 Å². The molecule has 0 fully saturated rings. The van der Waals surface area contributed by atoms with Gasteiger partial charge < -0.3 is 10.6 Å². The van der Waals surface area contributed by atoms with Gasteiger partial charge >= 0.3 is 0 Å². The molecule has 4 nitrogen and oxygen atoms in total. The molecule has 0 atom stereocenters. The Hall–Kier alpha value is -1.95. The van der Waals surface area contributed by atoms with Crippen molar-refractivity contribution in [3.05, 3.63) is 47.5 Å². The molecule has 0 saturated heterocycles. The second-order valence-corrected chi connectivity index (χ2v) is 5.30. The number of nitrogens with one attached hydrogen (secondary N) is 2. The minimum absolute atomic E-state index is 0.285. The molecule has 0 aliphatic rings. The highest BCUT2D eigenvalue weighted by molar-refractivity contribution is 7.80. The number of halogens is 1. The summed E-state index contributed by atoms with van der Waals surface area (Å²) in [5.41, 5.74) is 2.84. The van der Waals surface area contributed by atoms with Gasteiger partial charge in [-0.3, -0.25) is 4.68 Å². The first-order chi connectivity index (χ1) is 10.0. The van der Waals surface area contributed by atoms with Gasteiger partial charge in [0, 0.05) is 24.5 Å². The molecule has 2 rings (SSSR count). The fourth-order valence-corrected chi connectivity index (χ4v) is 2.29. The van der Waals surface area contributed by atoms with Gasteiger partial charge in [-0.1, -0.05) is 6.07 Å². The standard InChI is InChI=1S/C15H19FN4S/c1-11-9-12(2)20(19-11)8-4-7-17-15(21)18-14-6-3-5-13(16)10-14/h3,5-6,9-10H,4,7-8H2,1-2H3,(H2,17,18,21).